The van der Waals surface area contributed by atoms with Crippen LogP contribution >= 0.6 is 0 Å². The first-order valence-corrected chi connectivity index (χ1v) is 9.49. The van der Waals surface area contributed by atoms with Crippen LogP contribution in [0.1, 0.15) is 67.0 Å². The van der Waals surface area contributed by atoms with Crippen LogP contribution in [0.25, 0.3) is 0 Å². The molecule has 0 spiro atoms. The van der Waals surface area contributed by atoms with Gasteiger partial charge in [-0.2, -0.15) is 4.98 Å². The van der Waals surface area contributed by atoms with Crippen molar-refractivity contribution in [3.05, 3.63) is 41.5 Å². The van der Waals surface area contributed by atoms with Crippen molar-refractivity contribution in [3.8, 4) is 5.75 Å². The quantitative estimate of drug-likeness (QED) is 0.702. The van der Waals surface area contributed by atoms with Crippen LogP contribution in [0, 0.1) is 6.92 Å². The Morgan fingerprint density at radius 1 is 1.23 bits per heavy atom. The van der Waals surface area contributed by atoms with E-state index in [-0.39, 0.29) is 11.8 Å². The van der Waals surface area contributed by atoms with Crippen molar-refractivity contribution in [2.75, 3.05) is 19.7 Å². The lowest BCUT2D eigenvalue weighted by Gasteiger charge is -2.30. The van der Waals surface area contributed by atoms with Gasteiger partial charge in [-0.3, -0.25) is 4.79 Å². The zero-order chi connectivity index (χ0) is 18.4. The Balaban J connectivity index is 1.50. The summed E-state index contributed by atoms with van der Waals surface area (Å²) in [6, 6.07) is 7.47. The highest BCUT2D eigenvalue weighted by molar-refractivity contribution is 5.94. The summed E-state index contributed by atoms with van der Waals surface area (Å²) in [7, 11) is 0. The van der Waals surface area contributed by atoms with Gasteiger partial charge in [0.15, 0.2) is 5.82 Å². The van der Waals surface area contributed by atoms with Gasteiger partial charge in [0.05, 0.1) is 6.61 Å². The maximum absolute atomic E-state index is 12.7. The van der Waals surface area contributed by atoms with E-state index in [0.717, 1.165) is 31.6 Å². The van der Waals surface area contributed by atoms with E-state index in [1.807, 2.05) is 36.1 Å². The van der Waals surface area contributed by atoms with Crippen molar-refractivity contribution in [2.24, 2.45) is 0 Å². The summed E-state index contributed by atoms with van der Waals surface area (Å²) in [6.45, 7) is 6.14. The van der Waals surface area contributed by atoms with E-state index < -0.39 is 0 Å². The fourth-order valence-corrected chi connectivity index (χ4v) is 3.23. The molecule has 3 rings (SSSR count). The second-order valence-corrected chi connectivity index (χ2v) is 6.83. The number of unbranched alkanes of at least 4 members (excludes halogenated alkanes) is 2. The number of ether oxygens (including phenoxy) is 1. The number of benzene rings is 1. The molecule has 0 radical (unpaired) electrons. The first-order chi connectivity index (χ1) is 12.7. The Bertz CT molecular complexity index is 703. The van der Waals surface area contributed by atoms with E-state index >= 15 is 0 Å². The van der Waals surface area contributed by atoms with E-state index in [0.29, 0.717) is 30.4 Å². The summed E-state index contributed by atoms with van der Waals surface area (Å²) in [4.78, 5) is 18.9. The van der Waals surface area contributed by atoms with Gasteiger partial charge < -0.3 is 14.2 Å². The molecule has 0 N–H and O–H groups in total. The Morgan fingerprint density at radius 2 is 1.96 bits per heavy atom. The first-order valence-electron chi connectivity index (χ1n) is 9.49. The van der Waals surface area contributed by atoms with Gasteiger partial charge in [-0.1, -0.05) is 24.9 Å². The minimum atomic E-state index is 0.0719. The Kier molecular flexibility index (Phi) is 6.26. The topological polar surface area (TPSA) is 68.5 Å². The average molecular weight is 357 g/mol. The maximum Gasteiger partial charge on any atom is 0.253 e. The molecular weight excluding hydrogens is 330 g/mol. The van der Waals surface area contributed by atoms with Gasteiger partial charge in [-0.05, 0) is 50.5 Å². The molecule has 1 saturated heterocycles. The number of nitrogens with zero attached hydrogens (tertiary/aromatic N) is 3. The van der Waals surface area contributed by atoms with Gasteiger partial charge in [0, 0.05) is 24.6 Å². The molecule has 1 fully saturated rings. The van der Waals surface area contributed by atoms with Crippen LogP contribution in [-0.2, 0) is 0 Å². The molecule has 1 aliphatic heterocycles. The molecule has 2 aromatic rings. The number of hydrogen-bond donors (Lipinski definition) is 0. The highest BCUT2D eigenvalue weighted by Gasteiger charge is 2.27. The molecule has 1 aromatic carbocycles. The number of piperidine rings is 1. The summed E-state index contributed by atoms with van der Waals surface area (Å²) in [5.41, 5.74) is 0.706. The summed E-state index contributed by atoms with van der Waals surface area (Å²) in [6.07, 6.45) is 5.12. The highest BCUT2D eigenvalue weighted by Crippen LogP contribution is 2.27. The molecule has 26 heavy (non-hydrogen) atoms. The number of hydrogen-bond acceptors (Lipinski definition) is 5. The Morgan fingerprint density at radius 3 is 2.58 bits per heavy atom. The molecule has 0 unspecified atom stereocenters. The molecule has 6 nitrogen and oxygen atoms in total. The van der Waals surface area contributed by atoms with Gasteiger partial charge >= 0.3 is 0 Å². The molecule has 0 saturated carbocycles. The van der Waals surface area contributed by atoms with Crippen LogP contribution in [0.2, 0.25) is 0 Å². The zero-order valence-corrected chi connectivity index (χ0v) is 15.6. The molecule has 0 bridgehead atoms. The number of aryl methyl sites for hydroxylation is 1. The molecule has 2 heterocycles. The van der Waals surface area contributed by atoms with Crippen molar-refractivity contribution in [3.63, 3.8) is 0 Å². The lowest BCUT2D eigenvalue weighted by molar-refractivity contribution is 0.0704. The second kappa shape index (κ2) is 8.83. The third kappa shape index (κ3) is 4.62. The monoisotopic (exact) mass is 357 g/mol. The largest absolute Gasteiger partial charge is 0.494 e. The summed E-state index contributed by atoms with van der Waals surface area (Å²) in [5, 5.41) is 3.85. The van der Waals surface area contributed by atoms with Crippen molar-refractivity contribution >= 4 is 5.91 Å². The van der Waals surface area contributed by atoms with E-state index in [1.165, 1.54) is 12.8 Å². The lowest BCUT2D eigenvalue weighted by Crippen LogP contribution is -2.38. The minimum Gasteiger partial charge on any atom is -0.494 e. The summed E-state index contributed by atoms with van der Waals surface area (Å²) < 4.78 is 11.0. The number of carbonyl (C=O) groups is 1. The van der Waals surface area contributed by atoms with Crippen LogP contribution in [-0.4, -0.2) is 40.6 Å². The Hall–Kier alpha value is -2.37. The summed E-state index contributed by atoms with van der Waals surface area (Å²) >= 11 is 0. The highest BCUT2D eigenvalue weighted by atomic mass is 16.5. The fraction of sp³-hybridized carbons (Fsp3) is 0.550. The molecular formula is C20H27N3O3. The lowest BCUT2D eigenvalue weighted by atomic mass is 9.96. The van der Waals surface area contributed by atoms with Crippen LogP contribution in [0.15, 0.2) is 28.8 Å². The normalized spacial score (nSPS) is 15.2. The molecule has 1 aromatic heterocycles. The van der Waals surface area contributed by atoms with Crippen molar-refractivity contribution in [1.82, 2.24) is 15.0 Å². The molecule has 6 heteroatoms. The zero-order valence-electron chi connectivity index (χ0n) is 15.6. The second-order valence-electron chi connectivity index (χ2n) is 6.83. The summed E-state index contributed by atoms with van der Waals surface area (Å²) in [5.74, 6) is 2.50. The van der Waals surface area contributed by atoms with Crippen LogP contribution in [0.4, 0.5) is 0 Å². The molecule has 140 valence electrons. The minimum absolute atomic E-state index is 0.0719. The first kappa shape index (κ1) is 18.4. The van der Waals surface area contributed by atoms with Crippen LogP contribution in [0.3, 0.4) is 0 Å². The van der Waals surface area contributed by atoms with E-state index in [9.17, 15) is 4.79 Å². The van der Waals surface area contributed by atoms with Gasteiger partial charge in [-0.15, -0.1) is 0 Å². The fourth-order valence-electron chi connectivity index (χ4n) is 3.23. The number of carbonyl (C=O) groups excluding carboxylic acids is 1. The van der Waals surface area contributed by atoms with E-state index in [4.69, 9.17) is 9.26 Å². The number of rotatable bonds is 7. The SMILES string of the molecule is CCCCCOc1ccc(C(=O)N2CCC(c3nc(C)no3)CC2)cc1. The number of likely N-dealkylation sites (tertiary alicyclic amines) is 1. The van der Waals surface area contributed by atoms with E-state index in [1.54, 1.807) is 0 Å². The molecule has 1 amide bonds. The number of aromatic nitrogens is 2. The molecule has 0 aliphatic carbocycles. The van der Waals surface area contributed by atoms with E-state index in [2.05, 4.69) is 17.1 Å². The Labute approximate surface area is 154 Å². The van der Waals surface area contributed by atoms with Crippen molar-refractivity contribution in [1.29, 1.82) is 0 Å². The third-order valence-corrected chi connectivity index (χ3v) is 4.79. The average Bonchev–Trinajstić information content (AvgIpc) is 3.12. The molecule has 0 atom stereocenters. The van der Waals surface area contributed by atoms with Gasteiger partial charge in [0.2, 0.25) is 5.89 Å². The van der Waals surface area contributed by atoms with Gasteiger partial charge in [0.25, 0.3) is 5.91 Å². The van der Waals surface area contributed by atoms with Crippen molar-refractivity contribution < 1.29 is 14.1 Å². The standard InChI is InChI=1S/C20H27N3O3/c1-3-4-5-14-25-18-8-6-17(7-9-18)20(24)23-12-10-16(11-13-23)19-21-15(2)22-26-19/h6-9,16H,3-5,10-14H2,1-2H3. The predicted molar refractivity (Wildman–Crippen MR) is 98.4 cm³/mol. The number of amides is 1. The third-order valence-electron chi connectivity index (χ3n) is 4.79. The van der Waals surface area contributed by atoms with Gasteiger partial charge in [-0.25, -0.2) is 0 Å². The van der Waals surface area contributed by atoms with Crippen molar-refractivity contribution in [2.45, 2.75) is 51.9 Å². The van der Waals surface area contributed by atoms with Crippen LogP contribution in [0.5, 0.6) is 5.75 Å². The van der Waals surface area contributed by atoms with Crippen LogP contribution < -0.4 is 4.74 Å². The van der Waals surface area contributed by atoms with Gasteiger partial charge in [0.1, 0.15) is 5.75 Å². The predicted octanol–water partition coefficient (Wildman–Crippen LogP) is 3.97. The maximum atomic E-state index is 12.7. The smallest absolute Gasteiger partial charge is 0.253 e. The molecule has 1 aliphatic rings.